The standard InChI is InChI=1S/C11H20F3N3O2/c12-11(13,14)9-19-7-4-16-10(18)8-17-5-1-2-15-3-6-17/h15H,1-9H2,(H,16,18). The van der Waals surface area contributed by atoms with Crippen molar-refractivity contribution < 1.29 is 22.7 Å². The molecule has 1 fully saturated rings. The van der Waals surface area contributed by atoms with E-state index in [2.05, 4.69) is 15.4 Å². The van der Waals surface area contributed by atoms with Gasteiger partial charge in [-0.2, -0.15) is 13.2 Å². The van der Waals surface area contributed by atoms with E-state index in [1.807, 2.05) is 4.90 Å². The van der Waals surface area contributed by atoms with Gasteiger partial charge in [0, 0.05) is 19.6 Å². The number of carbonyl (C=O) groups excluding carboxylic acids is 1. The molecule has 2 N–H and O–H groups in total. The fraction of sp³-hybridized carbons (Fsp3) is 0.909. The highest BCUT2D eigenvalue weighted by Crippen LogP contribution is 2.13. The fourth-order valence-corrected chi connectivity index (χ4v) is 1.77. The molecule has 0 aromatic rings. The molecule has 0 aromatic carbocycles. The van der Waals surface area contributed by atoms with Gasteiger partial charge in [0.2, 0.25) is 5.91 Å². The van der Waals surface area contributed by atoms with Gasteiger partial charge in [0.1, 0.15) is 6.61 Å². The molecule has 0 aliphatic carbocycles. The molecule has 0 bridgehead atoms. The van der Waals surface area contributed by atoms with E-state index in [1.165, 1.54) is 0 Å². The molecule has 1 aliphatic rings. The highest BCUT2D eigenvalue weighted by molar-refractivity contribution is 5.77. The van der Waals surface area contributed by atoms with Crippen LogP contribution in [0.3, 0.4) is 0 Å². The average molecular weight is 283 g/mol. The zero-order valence-electron chi connectivity index (χ0n) is 10.8. The molecule has 0 atom stereocenters. The number of ether oxygens (including phenoxy) is 1. The van der Waals surface area contributed by atoms with E-state index in [-0.39, 0.29) is 25.6 Å². The number of hydrogen-bond donors (Lipinski definition) is 2. The molecule has 112 valence electrons. The monoisotopic (exact) mass is 283 g/mol. The fourth-order valence-electron chi connectivity index (χ4n) is 1.77. The summed E-state index contributed by atoms with van der Waals surface area (Å²) in [5.74, 6) is -0.183. The SMILES string of the molecule is O=C(CN1CCCNCC1)NCCOCC(F)(F)F. The first-order valence-corrected chi connectivity index (χ1v) is 6.31. The van der Waals surface area contributed by atoms with Crippen LogP contribution in [-0.2, 0) is 9.53 Å². The lowest BCUT2D eigenvalue weighted by Gasteiger charge is -2.18. The Balaban J connectivity index is 2.04. The predicted molar refractivity (Wildman–Crippen MR) is 63.8 cm³/mol. The lowest BCUT2D eigenvalue weighted by atomic mass is 10.4. The van der Waals surface area contributed by atoms with E-state index >= 15 is 0 Å². The summed E-state index contributed by atoms with van der Waals surface area (Å²) in [5, 5.41) is 5.77. The molecular weight excluding hydrogens is 263 g/mol. The molecular formula is C11H20F3N3O2. The molecule has 1 aliphatic heterocycles. The van der Waals surface area contributed by atoms with Gasteiger partial charge in [0.05, 0.1) is 13.2 Å². The highest BCUT2D eigenvalue weighted by Gasteiger charge is 2.27. The van der Waals surface area contributed by atoms with Crippen LogP contribution in [0.4, 0.5) is 13.2 Å². The van der Waals surface area contributed by atoms with Crippen molar-refractivity contribution in [3.05, 3.63) is 0 Å². The first kappa shape index (κ1) is 16.2. The van der Waals surface area contributed by atoms with Crippen LogP contribution >= 0.6 is 0 Å². The van der Waals surface area contributed by atoms with Crippen LogP contribution in [0.15, 0.2) is 0 Å². The van der Waals surface area contributed by atoms with Crippen molar-refractivity contribution in [3.8, 4) is 0 Å². The van der Waals surface area contributed by atoms with E-state index in [4.69, 9.17) is 0 Å². The van der Waals surface area contributed by atoms with Crippen molar-refractivity contribution in [3.63, 3.8) is 0 Å². The summed E-state index contributed by atoms with van der Waals surface area (Å²) in [4.78, 5) is 13.6. The maximum absolute atomic E-state index is 11.8. The molecule has 0 radical (unpaired) electrons. The Bertz CT molecular complexity index is 266. The van der Waals surface area contributed by atoms with Gasteiger partial charge in [-0.25, -0.2) is 0 Å². The Labute approximate surface area is 110 Å². The summed E-state index contributed by atoms with van der Waals surface area (Å²) in [6.07, 6.45) is -3.33. The van der Waals surface area contributed by atoms with Crippen molar-refractivity contribution in [2.45, 2.75) is 12.6 Å². The third kappa shape index (κ3) is 8.79. The zero-order chi connectivity index (χ0) is 14.1. The minimum absolute atomic E-state index is 0.0982. The Morgan fingerprint density at radius 1 is 1.32 bits per heavy atom. The summed E-state index contributed by atoms with van der Waals surface area (Å²) in [7, 11) is 0. The second-order valence-corrected chi connectivity index (χ2v) is 4.40. The molecule has 0 aromatic heterocycles. The van der Waals surface area contributed by atoms with Gasteiger partial charge < -0.3 is 15.4 Å². The Morgan fingerprint density at radius 2 is 2.11 bits per heavy atom. The number of alkyl halides is 3. The number of carbonyl (C=O) groups is 1. The van der Waals surface area contributed by atoms with Gasteiger partial charge in [-0.05, 0) is 19.5 Å². The molecule has 0 saturated carbocycles. The maximum Gasteiger partial charge on any atom is 0.411 e. The Morgan fingerprint density at radius 3 is 2.84 bits per heavy atom. The molecule has 1 saturated heterocycles. The van der Waals surface area contributed by atoms with E-state index in [9.17, 15) is 18.0 Å². The lowest BCUT2D eigenvalue weighted by molar-refractivity contribution is -0.173. The normalized spacial score (nSPS) is 18.1. The largest absolute Gasteiger partial charge is 0.411 e. The van der Waals surface area contributed by atoms with Gasteiger partial charge in [0.15, 0.2) is 0 Å². The van der Waals surface area contributed by atoms with E-state index in [0.29, 0.717) is 0 Å². The third-order valence-corrected chi connectivity index (χ3v) is 2.63. The first-order valence-electron chi connectivity index (χ1n) is 6.31. The smallest absolute Gasteiger partial charge is 0.370 e. The number of hydrogen-bond acceptors (Lipinski definition) is 4. The zero-order valence-corrected chi connectivity index (χ0v) is 10.8. The number of nitrogens with zero attached hydrogens (tertiary/aromatic N) is 1. The minimum Gasteiger partial charge on any atom is -0.370 e. The van der Waals surface area contributed by atoms with Gasteiger partial charge in [-0.1, -0.05) is 0 Å². The third-order valence-electron chi connectivity index (χ3n) is 2.63. The quantitative estimate of drug-likeness (QED) is 0.673. The number of amides is 1. The first-order chi connectivity index (χ1) is 8.97. The van der Waals surface area contributed by atoms with Gasteiger partial charge in [0.25, 0.3) is 0 Å². The van der Waals surface area contributed by atoms with Crippen molar-refractivity contribution in [2.24, 2.45) is 0 Å². The van der Waals surface area contributed by atoms with E-state index in [0.717, 1.165) is 32.6 Å². The second kappa shape index (κ2) is 8.34. The van der Waals surface area contributed by atoms with Crippen LogP contribution in [-0.4, -0.2) is 69.5 Å². The summed E-state index contributed by atoms with van der Waals surface area (Å²) < 4.78 is 39.7. The number of halogens is 3. The van der Waals surface area contributed by atoms with Crippen LogP contribution in [0.1, 0.15) is 6.42 Å². The molecule has 1 rings (SSSR count). The average Bonchev–Trinajstić information content (AvgIpc) is 2.55. The predicted octanol–water partition coefficient (Wildman–Crippen LogP) is -0.0232. The van der Waals surface area contributed by atoms with Gasteiger partial charge in [-0.3, -0.25) is 9.69 Å². The van der Waals surface area contributed by atoms with Gasteiger partial charge in [-0.15, -0.1) is 0 Å². The van der Waals surface area contributed by atoms with Crippen LogP contribution in [0.2, 0.25) is 0 Å². The maximum atomic E-state index is 11.8. The minimum atomic E-state index is -4.32. The van der Waals surface area contributed by atoms with Crippen molar-refractivity contribution in [2.75, 3.05) is 52.5 Å². The van der Waals surface area contributed by atoms with Crippen molar-refractivity contribution >= 4 is 5.91 Å². The summed E-state index contributed by atoms with van der Waals surface area (Å²) in [6, 6.07) is 0. The topological polar surface area (TPSA) is 53.6 Å². The van der Waals surface area contributed by atoms with E-state index in [1.54, 1.807) is 0 Å². The summed E-state index contributed by atoms with van der Waals surface area (Å²) in [5.41, 5.74) is 0. The molecule has 19 heavy (non-hydrogen) atoms. The second-order valence-electron chi connectivity index (χ2n) is 4.40. The number of nitrogens with one attached hydrogen (secondary N) is 2. The molecule has 8 heteroatoms. The Kier molecular flexibility index (Phi) is 7.11. The summed E-state index contributed by atoms with van der Waals surface area (Å²) in [6.45, 7) is 2.42. The molecule has 5 nitrogen and oxygen atoms in total. The van der Waals surface area contributed by atoms with Crippen LogP contribution < -0.4 is 10.6 Å². The highest BCUT2D eigenvalue weighted by atomic mass is 19.4. The molecule has 0 spiro atoms. The van der Waals surface area contributed by atoms with Crippen molar-refractivity contribution in [1.29, 1.82) is 0 Å². The number of rotatable bonds is 6. The Hall–Kier alpha value is -0.860. The van der Waals surface area contributed by atoms with Crippen LogP contribution in [0, 0.1) is 0 Å². The lowest BCUT2D eigenvalue weighted by Crippen LogP contribution is -2.40. The van der Waals surface area contributed by atoms with Crippen LogP contribution in [0.25, 0.3) is 0 Å². The molecule has 1 heterocycles. The molecule has 0 unspecified atom stereocenters. The van der Waals surface area contributed by atoms with Crippen LogP contribution in [0.5, 0.6) is 0 Å². The van der Waals surface area contributed by atoms with Crippen molar-refractivity contribution in [1.82, 2.24) is 15.5 Å². The molecule has 1 amide bonds. The van der Waals surface area contributed by atoms with E-state index < -0.39 is 12.8 Å². The summed E-state index contributed by atoms with van der Waals surface area (Å²) >= 11 is 0. The van der Waals surface area contributed by atoms with Gasteiger partial charge >= 0.3 is 6.18 Å².